The predicted molar refractivity (Wildman–Crippen MR) is 89.7 cm³/mol. The molecule has 7 nitrogen and oxygen atoms in total. The van der Waals surface area contributed by atoms with E-state index >= 15 is 0 Å². The van der Waals surface area contributed by atoms with Crippen molar-refractivity contribution in [1.29, 1.82) is 0 Å². The third kappa shape index (κ3) is 3.34. The number of imide groups is 1. The summed E-state index contributed by atoms with van der Waals surface area (Å²) >= 11 is 0. The Kier molecular flexibility index (Phi) is 4.69. The summed E-state index contributed by atoms with van der Waals surface area (Å²) < 4.78 is 0. The molecule has 0 aliphatic carbocycles. The van der Waals surface area contributed by atoms with Gasteiger partial charge in [-0.1, -0.05) is 18.2 Å². The molecule has 2 fully saturated rings. The number of carbonyl (C=O) groups is 3. The maximum atomic E-state index is 12.4. The van der Waals surface area contributed by atoms with Gasteiger partial charge in [0.25, 0.3) is 5.91 Å². The van der Waals surface area contributed by atoms with Crippen LogP contribution in [0.15, 0.2) is 24.3 Å². The number of amides is 4. The molecule has 2 aliphatic rings. The maximum Gasteiger partial charge on any atom is 0.325 e. The van der Waals surface area contributed by atoms with Crippen LogP contribution in [-0.2, 0) is 9.59 Å². The van der Waals surface area contributed by atoms with E-state index in [2.05, 4.69) is 29.3 Å². The number of nitrogens with one attached hydrogen (secondary N) is 1. The molecule has 1 N–H and O–H groups in total. The minimum Gasteiger partial charge on any atom is -0.369 e. The molecular weight excluding hydrogens is 308 g/mol. The van der Waals surface area contributed by atoms with Gasteiger partial charge < -0.3 is 15.1 Å². The summed E-state index contributed by atoms with van der Waals surface area (Å²) in [5.41, 5.74) is 2.41. The Balaban J connectivity index is 1.61. The van der Waals surface area contributed by atoms with E-state index in [1.807, 2.05) is 12.1 Å². The first-order valence-electron chi connectivity index (χ1n) is 8.23. The van der Waals surface area contributed by atoms with Crippen LogP contribution >= 0.6 is 0 Å². The first-order chi connectivity index (χ1) is 11.6. The van der Waals surface area contributed by atoms with Crippen molar-refractivity contribution in [2.45, 2.75) is 13.3 Å². The maximum absolute atomic E-state index is 12.4. The van der Waals surface area contributed by atoms with Crippen molar-refractivity contribution in [2.75, 3.05) is 44.2 Å². The van der Waals surface area contributed by atoms with Gasteiger partial charge in [0.15, 0.2) is 0 Å². The summed E-state index contributed by atoms with van der Waals surface area (Å²) in [6.45, 7) is 4.76. The second-order valence-electron chi connectivity index (χ2n) is 6.15. The van der Waals surface area contributed by atoms with E-state index in [1.54, 1.807) is 4.90 Å². The van der Waals surface area contributed by atoms with Crippen LogP contribution in [0.4, 0.5) is 10.5 Å². The normalized spacial score (nSPS) is 18.6. The number of para-hydroxylation sites is 1. The van der Waals surface area contributed by atoms with E-state index in [1.165, 1.54) is 11.3 Å². The third-order valence-electron chi connectivity index (χ3n) is 4.54. The lowest BCUT2D eigenvalue weighted by Gasteiger charge is -2.25. The molecule has 1 aromatic carbocycles. The Morgan fingerprint density at radius 3 is 2.62 bits per heavy atom. The first-order valence-corrected chi connectivity index (χ1v) is 8.23. The van der Waals surface area contributed by atoms with Crippen LogP contribution in [0.5, 0.6) is 0 Å². The highest BCUT2D eigenvalue weighted by Gasteiger charge is 2.32. The van der Waals surface area contributed by atoms with E-state index in [4.69, 9.17) is 0 Å². The minimum atomic E-state index is -0.482. The fourth-order valence-electron chi connectivity index (χ4n) is 3.18. The average molecular weight is 330 g/mol. The van der Waals surface area contributed by atoms with Gasteiger partial charge in [-0.05, 0) is 25.0 Å². The van der Waals surface area contributed by atoms with Crippen LogP contribution in [0.25, 0.3) is 0 Å². The molecule has 2 heterocycles. The average Bonchev–Trinajstić information content (AvgIpc) is 2.79. The number of benzene rings is 1. The second-order valence-corrected chi connectivity index (χ2v) is 6.15. The van der Waals surface area contributed by atoms with Gasteiger partial charge >= 0.3 is 6.03 Å². The molecule has 1 aromatic rings. The van der Waals surface area contributed by atoms with Gasteiger partial charge in [0.05, 0.1) is 6.54 Å². The Morgan fingerprint density at radius 2 is 1.92 bits per heavy atom. The summed E-state index contributed by atoms with van der Waals surface area (Å²) in [6.07, 6.45) is 0.861. The zero-order valence-electron chi connectivity index (χ0n) is 13.8. The second kappa shape index (κ2) is 6.90. The van der Waals surface area contributed by atoms with Crippen LogP contribution in [0.3, 0.4) is 0 Å². The highest BCUT2D eigenvalue weighted by Crippen LogP contribution is 2.21. The number of rotatable bonds is 3. The fourth-order valence-corrected chi connectivity index (χ4v) is 3.18. The summed E-state index contributed by atoms with van der Waals surface area (Å²) in [7, 11) is 0. The summed E-state index contributed by atoms with van der Waals surface area (Å²) in [5.74, 6) is -0.517. The molecule has 3 rings (SSSR count). The topological polar surface area (TPSA) is 73.0 Å². The Hall–Kier alpha value is -2.57. The van der Waals surface area contributed by atoms with E-state index < -0.39 is 6.03 Å². The van der Waals surface area contributed by atoms with Crippen molar-refractivity contribution in [3.63, 3.8) is 0 Å². The Morgan fingerprint density at radius 1 is 1.12 bits per heavy atom. The van der Waals surface area contributed by atoms with Crippen molar-refractivity contribution in [2.24, 2.45) is 0 Å². The minimum absolute atomic E-state index is 0.0207. The highest BCUT2D eigenvalue weighted by atomic mass is 16.2. The summed E-state index contributed by atoms with van der Waals surface area (Å²) in [4.78, 5) is 40.6. The van der Waals surface area contributed by atoms with Crippen LogP contribution in [-0.4, -0.2) is 66.9 Å². The third-order valence-corrected chi connectivity index (χ3v) is 4.54. The van der Waals surface area contributed by atoms with Crippen LogP contribution in [0, 0.1) is 6.92 Å². The van der Waals surface area contributed by atoms with E-state index in [0.29, 0.717) is 13.1 Å². The molecule has 0 atom stereocenters. The van der Waals surface area contributed by atoms with Gasteiger partial charge in [-0.25, -0.2) is 4.79 Å². The molecule has 0 bridgehead atoms. The monoisotopic (exact) mass is 330 g/mol. The van der Waals surface area contributed by atoms with Crippen molar-refractivity contribution < 1.29 is 14.4 Å². The molecular formula is C17H22N4O3. The van der Waals surface area contributed by atoms with Gasteiger partial charge in [0.1, 0.15) is 6.54 Å². The van der Waals surface area contributed by atoms with Gasteiger partial charge in [-0.3, -0.25) is 14.5 Å². The molecule has 0 aromatic heterocycles. The molecule has 0 unspecified atom stereocenters. The van der Waals surface area contributed by atoms with Crippen LogP contribution in [0.1, 0.15) is 12.0 Å². The standard InChI is InChI=1S/C17H22N4O3/c1-13-5-2-3-6-14(13)19-7-4-8-20(10-9-19)16(23)12-21-15(22)11-18-17(21)24/h2-3,5-6H,4,7-12H2,1H3,(H,18,24). The molecule has 24 heavy (non-hydrogen) atoms. The van der Waals surface area contributed by atoms with E-state index in [0.717, 1.165) is 24.4 Å². The van der Waals surface area contributed by atoms with Crippen LogP contribution < -0.4 is 10.2 Å². The lowest BCUT2D eigenvalue weighted by molar-refractivity contribution is -0.136. The van der Waals surface area contributed by atoms with Crippen LogP contribution in [0.2, 0.25) is 0 Å². The number of aryl methyl sites for hydroxylation is 1. The molecule has 0 radical (unpaired) electrons. The molecule has 4 amide bonds. The molecule has 0 spiro atoms. The SMILES string of the molecule is Cc1ccccc1N1CCCN(C(=O)CN2C(=O)CNC2=O)CC1. The van der Waals surface area contributed by atoms with E-state index in [-0.39, 0.29) is 24.9 Å². The molecule has 128 valence electrons. The van der Waals surface area contributed by atoms with Gasteiger partial charge in [-0.15, -0.1) is 0 Å². The Bertz CT molecular complexity index is 645. The number of anilines is 1. The number of carbonyl (C=O) groups excluding carboxylic acids is 3. The van der Waals surface area contributed by atoms with Crippen molar-refractivity contribution in [1.82, 2.24) is 15.1 Å². The van der Waals surface area contributed by atoms with Gasteiger partial charge in [0.2, 0.25) is 5.91 Å². The van der Waals surface area contributed by atoms with Crippen molar-refractivity contribution >= 4 is 23.5 Å². The lowest BCUT2D eigenvalue weighted by atomic mass is 10.2. The molecule has 2 aliphatic heterocycles. The molecule has 7 heteroatoms. The number of urea groups is 1. The quantitative estimate of drug-likeness (QED) is 0.823. The highest BCUT2D eigenvalue weighted by molar-refractivity contribution is 6.04. The van der Waals surface area contributed by atoms with Gasteiger partial charge in [0, 0.05) is 31.9 Å². The lowest BCUT2D eigenvalue weighted by Crippen LogP contribution is -2.44. The molecule has 2 saturated heterocycles. The van der Waals surface area contributed by atoms with Crippen molar-refractivity contribution in [3.05, 3.63) is 29.8 Å². The number of nitrogens with zero attached hydrogens (tertiary/aromatic N) is 3. The predicted octanol–water partition coefficient (Wildman–Crippen LogP) is 0.586. The molecule has 0 saturated carbocycles. The zero-order chi connectivity index (χ0) is 17.1. The number of hydrogen-bond donors (Lipinski definition) is 1. The first kappa shape index (κ1) is 16.3. The fraction of sp³-hybridized carbons (Fsp3) is 0.471. The number of hydrogen-bond acceptors (Lipinski definition) is 4. The van der Waals surface area contributed by atoms with Crippen molar-refractivity contribution in [3.8, 4) is 0 Å². The van der Waals surface area contributed by atoms with Gasteiger partial charge in [-0.2, -0.15) is 0 Å². The van der Waals surface area contributed by atoms with E-state index in [9.17, 15) is 14.4 Å². The summed E-state index contributed by atoms with van der Waals surface area (Å²) in [5, 5.41) is 2.43. The summed E-state index contributed by atoms with van der Waals surface area (Å²) in [6, 6.07) is 7.74. The smallest absolute Gasteiger partial charge is 0.325 e. The zero-order valence-corrected chi connectivity index (χ0v) is 13.8. The largest absolute Gasteiger partial charge is 0.369 e. The Labute approximate surface area is 141 Å².